The van der Waals surface area contributed by atoms with Gasteiger partial charge >= 0.3 is 0 Å². The minimum atomic E-state index is -0.649. The number of ether oxygens (including phenoxy) is 6. The van der Waals surface area contributed by atoms with Gasteiger partial charge in [0.25, 0.3) is 0 Å². The molecule has 5 atom stereocenters. The molecule has 6 nitrogen and oxygen atoms in total. The zero-order valence-electron chi connectivity index (χ0n) is 34.0. The first-order valence-electron chi connectivity index (χ1n) is 21.0. The lowest BCUT2D eigenvalue weighted by Gasteiger charge is -2.51. The molecule has 4 saturated carbocycles. The fourth-order valence-electron chi connectivity index (χ4n) is 10.8. The fraction of sp³-hybridized carbons (Fsp3) is 0.867. The Kier molecular flexibility index (Phi) is 12.6. The van der Waals surface area contributed by atoms with Crippen LogP contribution < -0.4 is 4.74 Å². The van der Waals surface area contributed by atoms with Crippen molar-refractivity contribution in [2.75, 3.05) is 33.5 Å². The van der Waals surface area contributed by atoms with Crippen LogP contribution in [0.2, 0.25) is 0 Å². The van der Waals surface area contributed by atoms with E-state index in [4.69, 9.17) is 28.4 Å². The Morgan fingerprint density at radius 1 is 0.647 bits per heavy atom. The lowest BCUT2D eigenvalue weighted by molar-refractivity contribution is -0.262. The first-order chi connectivity index (χ1) is 24.1. The maximum atomic E-state index is 6.94. The van der Waals surface area contributed by atoms with Gasteiger partial charge in [-0.05, 0) is 195 Å². The molecule has 6 rings (SSSR count). The summed E-state index contributed by atoms with van der Waals surface area (Å²) in [4.78, 5) is 0. The van der Waals surface area contributed by atoms with Gasteiger partial charge in [0.2, 0.25) is 5.79 Å². The Morgan fingerprint density at radius 2 is 1.22 bits per heavy atom. The third-order valence-corrected chi connectivity index (χ3v) is 13.8. The number of hydrogen-bond acceptors (Lipinski definition) is 6. The van der Waals surface area contributed by atoms with Crippen molar-refractivity contribution in [1.82, 2.24) is 0 Å². The molecule has 4 fully saturated rings. The SMILES string of the molecule is COCC1CCC(COC(C)(C)O[C@H]2CCC3[C@@H]4CCc5cc(OC(C)(C)OCC6CCC(COC(C)(C)C)CC6)ccc5C4CC[C@@]32C)CC1. The van der Waals surface area contributed by atoms with Gasteiger partial charge in [0, 0.05) is 27.6 Å². The second-order valence-corrected chi connectivity index (χ2v) is 19.7. The van der Waals surface area contributed by atoms with Gasteiger partial charge in [-0.3, -0.25) is 0 Å². The minimum absolute atomic E-state index is 0.0517. The van der Waals surface area contributed by atoms with Crippen LogP contribution in [0, 0.1) is 40.9 Å². The van der Waals surface area contributed by atoms with Crippen molar-refractivity contribution in [2.24, 2.45) is 40.9 Å². The Balaban J connectivity index is 0.976. The van der Waals surface area contributed by atoms with Crippen molar-refractivity contribution in [3.8, 4) is 5.75 Å². The standard InChI is InChI=1S/C45H74O6/c1-42(2,3)47-28-32-14-16-34(17-15-32)29-48-43(4,5)50-36-19-21-37-35(26-36)18-20-39-38(37)24-25-45(8)40(39)22-23-41(45)51-44(6,7)49-30-33-12-10-31(11-13-33)27-46-9/h19,21,26,31-34,38-41H,10-18,20,22-25,27-30H2,1-9H3/t31?,32?,33?,34?,38?,39-,40?,41+,45+/m1/s1. The van der Waals surface area contributed by atoms with Crippen LogP contribution >= 0.6 is 0 Å². The van der Waals surface area contributed by atoms with E-state index in [0.717, 1.165) is 56.9 Å². The lowest BCUT2D eigenvalue weighted by Crippen LogP contribution is -2.47. The fourth-order valence-corrected chi connectivity index (χ4v) is 10.8. The van der Waals surface area contributed by atoms with Crippen LogP contribution in [0.1, 0.15) is 156 Å². The highest BCUT2D eigenvalue weighted by atomic mass is 16.7. The van der Waals surface area contributed by atoms with Crippen LogP contribution in [0.15, 0.2) is 18.2 Å². The quantitative estimate of drug-likeness (QED) is 0.179. The maximum Gasteiger partial charge on any atom is 0.204 e. The summed E-state index contributed by atoms with van der Waals surface area (Å²) in [7, 11) is 1.82. The van der Waals surface area contributed by atoms with Crippen LogP contribution in [-0.2, 0) is 30.1 Å². The molecule has 5 aliphatic carbocycles. The second kappa shape index (κ2) is 16.3. The number of benzene rings is 1. The van der Waals surface area contributed by atoms with E-state index < -0.39 is 11.6 Å². The number of rotatable bonds is 14. The highest BCUT2D eigenvalue weighted by molar-refractivity contribution is 5.41. The summed E-state index contributed by atoms with van der Waals surface area (Å²) in [6, 6.07) is 6.93. The molecule has 0 amide bonds. The van der Waals surface area contributed by atoms with Gasteiger partial charge < -0.3 is 28.4 Å². The Bertz CT molecular complexity index is 1250. The van der Waals surface area contributed by atoms with Crippen molar-refractivity contribution in [1.29, 1.82) is 0 Å². The summed E-state index contributed by atoms with van der Waals surface area (Å²) < 4.78 is 37.9. The molecule has 0 radical (unpaired) electrons. The van der Waals surface area contributed by atoms with E-state index in [1.54, 1.807) is 5.56 Å². The van der Waals surface area contributed by atoms with Gasteiger partial charge in [0.1, 0.15) is 5.75 Å². The molecule has 290 valence electrons. The Hall–Kier alpha value is -1.18. The first kappa shape index (κ1) is 39.5. The molecule has 0 N–H and O–H groups in total. The molecule has 0 heterocycles. The van der Waals surface area contributed by atoms with Gasteiger partial charge in [0.05, 0.1) is 31.5 Å². The van der Waals surface area contributed by atoms with E-state index in [1.807, 2.05) is 7.11 Å². The normalized spacial score (nSPS) is 34.5. The van der Waals surface area contributed by atoms with E-state index in [0.29, 0.717) is 29.6 Å². The number of aryl methyl sites for hydroxylation is 1. The maximum absolute atomic E-state index is 6.94. The largest absolute Gasteiger partial charge is 0.463 e. The highest BCUT2D eigenvalue weighted by Crippen LogP contribution is 2.62. The van der Waals surface area contributed by atoms with Crippen molar-refractivity contribution in [3.63, 3.8) is 0 Å². The molecule has 1 aromatic rings. The van der Waals surface area contributed by atoms with Crippen LogP contribution in [0.25, 0.3) is 0 Å². The molecule has 5 aliphatic rings. The first-order valence-corrected chi connectivity index (χ1v) is 21.0. The summed E-state index contributed by atoms with van der Waals surface area (Å²) in [5.74, 6) is 4.49. The van der Waals surface area contributed by atoms with Crippen molar-refractivity contribution >= 4 is 0 Å². The molecule has 51 heavy (non-hydrogen) atoms. The molecule has 1 aromatic carbocycles. The number of hydrogen-bond donors (Lipinski definition) is 0. The molecule has 6 heteroatoms. The van der Waals surface area contributed by atoms with Crippen LogP contribution in [0.3, 0.4) is 0 Å². The predicted octanol–water partition coefficient (Wildman–Crippen LogP) is 10.9. The number of methoxy groups -OCH3 is 1. The summed E-state index contributed by atoms with van der Waals surface area (Å²) in [6.07, 6.45) is 17.5. The zero-order chi connectivity index (χ0) is 36.4. The van der Waals surface area contributed by atoms with Gasteiger partial charge in [-0.1, -0.05) is 13.0 Å². The molecule has 2 unspecified atom stereocenters. The molecular formula is C45H74O6. The van der Waals surface area contributed by atoms with Crippen LogP contribution in [0.4, 0.5) is 0 Å². The lowest BCUT2D eigenvalue weighted by atomic mass is 9.55. The molecule has 0 saturated heterocycles. The molecule has 0 spiro atoms. The Morgan fingerprint density at radius 3 is 1.80 bits per heavy atom. The van der Waals surface area contributed by atoms with Crippen molar-refractivity contribution < 1.29 is 28.4 Å². The molecule has 0 bridgehead atoms. The third kappa shape index (κ3) is 10.1. The minimum Gasteiger partial charge on any atom is -0.463 e. The summed E-state index contributed by atoms with van der Waals surface area (Å²) >= 11 is 0. The predicted molar refractivity (Wildman–Crippen MR) is 205 cm³/mol. The van der Waals surface area contributed by atoms with Crippen LogP contribution in [0.5, 0.6) is 5.75 Å². The zero-order valence-corrected chi connectivity index (χ0v) is 34.0. The summed E-state index contributed by atoms with van der Waals surface area (Å²) in [5, 5.41) is 0. The van der Waals surface area contributed by atoms with E-state index in [1.165, 1.54) is 82.6 Å². The summed E-state index contributed by atoms with van der Waals surface area (Å²) in [5.41, 5.74) is 3.23. The van der Waals surface area contributed by atoms with E-state index in [-0.39, 0.29) is 17.1 Å². The highest BCUT2D eigenvalue weighted by Gasteiger charge is 2.56. The van der Waals surface area contributed by atoms with Gasteiger partial charge in [-0.15, -0.1) is 0 Å². The number of fused-ring (bicyclic) bond motifs is 5. The Labute approximate surface area is 311 Å². The van der Waals surface area contributed by atoms with E-state index in [9.17, 15) is 0 Å². The average Bonchev–Trinajstić information content (AvgIpc) is 3.41. The van der Waals surface area contributed by atoms with E-state index >= 15 is 0 Å². The monoisotopic (exact) mass is 711 g/mol. The van der Waals surface area contributed by atoms with Crippen molar-refractivity contribution in [2.45, 2.75) is 174 Å². The van der Waals surface area contributed by atoms with Gasteiger partial charge in [-0.25, -0.2) is 0 Å². The van der Waals surface area contributed by atoms with Gasteiger partial charge in [0.15, 0.2) is 5.79 Å². The molecular weight excluding hydrogens is 636 g/mol. The van der Waals surface area contributed by atoms with Crippen molar-refractivity contribution in [3.05, 3.63) is 29.3 Å². The second-order valence-electron chi connectivity index (χ2n) is 19.7. The third-order valence-electron chi connectivity index (χ3n) is 13.8. The van der Waals surface area contributed by atoms with E-state index in [2.05, 4.69) is 73.6 Å². The molecule has 0 aromatic heterocycles. The average molecular weight is 711 g/mol. The van der Waals surface area contributed by atoms with Crippen LogP contribution in [-0.4, -0.2) is 56.8 Å². The summed E-state index contributed by atoms with van der Waals surface area (Å²) in [6.45, 7) is 20.8. The van der Waals surface area contributed by atoms with Gasteiger partial charge in [-0.2, -0.15) is 0 Å². The topological polar surface area (TPSA) is 55.4 Å². The smallest absolute Gasteiger partial charge is 0.204 e. The molecule has 0 aliphatic heterocycles.